The molecule has 0 aromatic heterocycles. The molecule has 0 radical (unpaired) electrons. The molecule has 1 N–H and O–H groups in total. The fourth-order valence-electron chi connectivity index (χ4n) is 2.12. The maximum Gasteiger partial charge on any atom is 0.262 e. The summed E-state index contributed by atoms with van der Waals surface area (Å²) in [6.45, 7) is 6.32. The molecule has 0 fully saturated rings. The van der Waals surface area contributed by atoms with Gasteiger partial charge in [0.15, 0.2) is 6.61 Å². The maximum absolute atomic E-state index is 12.1. The van der Waals surface area contributed by atoms with Crippen molar-refractivity contribution in [2.45, 2.75) is 26.2 Å². The fourth-order valence-corrected chi connectivity index (χ4v) is 2.12. The lowest BCUT2D eigenvalue weighted by atomic mass is 9.87. The summed E-state index contributed by atoms with van der Waals surface area (Å²) >= 11 is 0. The van der Waals surface area contributed by atoms with Gasteiger partial charge < -0.3 is 14.8 Å². The molecule has 0 saturated heterocycles. The summed E-state index contributed by atoms with van der Waals surface area (Å²) in [7, 11) is 1.59. The van der Waals surface area contributed by atoms with Crippen molar-refractivity contribution in [3.63, 3.8) is 0 Å². The summed E-state index contributed by atoms with van der Waals surface area (Å²) in [5, 5.41) is 2.86. The minimum absolute atomic E-state index is 0.00765. The van der Waals surface area contributed by atoms with E-state index in [-0.39, 0.29) is 17.9 Å². The molecule has 0 aliphatic carbocycles. The van der Waals surface area contributed by atoms with Crippen molar-refractivity contribution in [1.82, 2.24) is 0 Å². The smallest absolute Gasteiger partial charge is 0.262 e. The van der Waals surface area contributed by atoms with E-state index in [1.165, 1.54) is 0 Å². The maximum atomic E-state index is 12.1. The van der Waals surface area contributed by atoms with E-state index >= 15 is 0 Å². The first-order valence-electron chi connectivity index (χ1n) is 7.56. The summed E-state index contributed by atoms with van der Waals surface area (Å²) in [5.41, 5.74) is 1.77. The van der Waals surface area contributed by atoms with Gasteiger partial charge in [-0.05, 0) is 35.2 Å². The normalized spacial score (nSPS) is 11.0. The van der Waals surface area contributed by atoms with Gasteiger partial charge in [-0.3, -0.25) is 4.79 Å². The highest BCUT2D eigenvalue weighted by Crippen LogP contribution is 2.31. The Hall–Kier alpha value is -2.49. The van der Waals surface area contributed by atoms with Crippen molar-refractivity contribution >= 4 is 11.6 Å². The van der Waals surface area contributed by atoms with Gasteiger partial charge in [0.1, 0.15) is 11.5 Å². The molecule has 2 aromatic carbocycles. The summed E-state index contributed by atoms with van der Waals surface area (Å²) in [4.78, 5) is 12.1. The number of rotatable bonds is 5. The van der Waals surface area contributed by atoms with E-state index in [4.69, 9.17) is 9.47 Å². The number of hydrogen-bond donors (Lipinski definition) is 1. The summed E-state index contributed by atoms with van der Waals surface area (Å²) in [6.07, 6.45) is 0. The predicted octanol–water partition coefficient (Wildman–Crippen LogP) is 4.01. The summed E-state index contributed by atoms with van der Waals surface area (Å²) in [5.74, 6) is 1.07. The molecule has 0 saturated carbocycles. The highest BCUT2D eigenvalue weighted by atomic mass is 16.5. The number of methoxy groups -OCH3 is 1. The lowest BCUT2D eigenvalue weighted by Gasteiger charge is -2.21. The first kappa shape index (κ1) is 16.9. The molecular formula is C19H23NO3. The number of carbonyl (C=O) groups is 1. The predicted molar refractivity (Wildman–Crippen MR) is 92.3 cm³/mol. The quantitative estimate of drug-likeness (QED) is 0.907. The van der Waals surface area contributed by atoms with Crippen LogP contribution < -0.4 is 14.8 Å². The van der Waals surface area contributed by atoms with Crippen LogP contribution in [0.15, 0.2) is 48.5 Å². The van der Waals surface area contributed by atoms with Gasteiger partial charge in [-0.1, -0.05) is 45.0 Å². The van der Waals surface area contributed by atoms with E-state index in [0.717, 1.165) is 5.56 Å². The van der Waals surface area contributed by atoms with Gasteiger partial charge in [0.2, 0.25) is 0 Å². The van der Waals surface area contributed by atoms with Crippen LogP contribution in [0.25, 0.3) is 0 Å². The van der Waals surface area contributed by atoms with Gasteiger partial charge in [0, 0.05) is 0 Å². The minimum Gasteiger partial charge on any atom is -0.495 e. The van der Waals surface area contributed by atoms with E-state index in [0.29, 0.717) is 17.2 Å². The van der Waals surface area contributed by atoms with Crippen LogP contribution in [0, 0.1) is 0 Å². The second-order valence-corrected chi connectivity index (χ2v) is 6.31. The van der Waals surface area contributed by atoms with Crippen molar-refractivity contribution in [2.24, 2.45) is 0 Å². The number of carbonyl (C=O) groups excluding carboxylic acids is 1. The van der Waals surface area contributed by atoms with Gasteiger partial charge in [-0.15, -0.1) is 0 Å². The number of ether oxygens (including phenoxy) is 2. The van der Waals surface area contributed by atoms with E-state index < -0.39 is 0 Å². The molecule has 2 aromatic rings. The zero-order chi connectivity index (χ0) is 16.9. The van der Waals surface area contributed by atoms with Crippen LogP contribution in [-0.2, 0) is 10.2 Å². The van der Waals surface area contributed by atoms with Crippen LogP contribution in [0.2, 0.25) is 0 Å². The molecule has 4 heteroatoms. The first-order chi connectivity index (χ1) is 10.9. The van der Waals surface area contributed by atoms with Crippen LogP contribution in [0.4, 0.5) is 5.69 Å². The molecule has 2 rings (SSSR count). The third kappa shape index (κ3) is 4.74. The van der Waals surface area contributed by atoms with Crippen molar-refractivity contribution in [3.05, 3.63) is 54.1 Å². The van der Waals surface area contributed by atoms with Gasteiger partial charge in [0.25, 0.3) is 5.91 Å². The topological polar surface area (TPSA) is 47.6 Å². The Balaban J connectivity index is 2.07. The van der Waals surface area contributed by atoms with E-state index in [9.17, 15) is 4.79 Å². The molecule has 0 aliphatic rings. The molecule has 0 unspecified atom stereocenters. The Morgan fingerprint density at radius 2 is 1.78 bits per heavy atom. The fraction of sp³-hybridized carbons (Fsp3) is 0.316. The number of amides is 1. The lowest BCUT2D eigenvalue weighted by molar-refractivity contribution is -0.118. The summed E-state index contributed by atoms with van der Waals surface area (Å²) < 4.78 is 10.8. The van der Waals surface area contributed by atoms with Crippen molar-refractivity contribution in [1.29, 1.82) is 0 Å². The first-order valence-corrected chi connectivity index (χ1v) is 7.56. The van der Waals surface area contributed by atoms with Crippen LogP contribution in [-0.4, -0.2) is 19.6 Å². The standard InChI is InChI=1S/C19H23NO3/c1-19(2,3)14-10-11-17(22-4)16(12-14)20-18(21)13-23-15-8-6-5-7-9-15/h5-12H,13H2,1-4H3,(H,20,21). The van der Waals surface area contributed by atoms with Crippen molar-refractivity contribution in [2.75, 3.05) is 19.0 Å². The SMILES string of the molecule is COc1ccc(C(C)(C)C)cc1NC(=O)COc1ccccc1. The summed E-state index contributed by atoms with van der Waals surface area (Å²) in [6, 6.07) is 15.1. The van der Waals surface area contributed by atoms with E-state index in [2.05, 4.69) is 26.1 Å². The second kappa shape index (κ2) is 7.18. The molecule has 0 spiro atoms. The number of anilines is 1. The molecule has 0 aliphatic heterocycles. The van der Waals surface area contributed by atoms with Crippen molar-refractivity contribution < 1.29 is 14.3 Å². The number of benzene rings is 2. The largest absolute Gasteiger partial charge is 0.495 e. The molecular weight excluding hydrogens is 290 g/mol. The molecule has 0 bridgehead atoms. The number of hydrogen-bond acceptors (Lipinski definition) is 3. The highest BCUT2D eigenvalue weighted by molar-refractivity contribution is 5.93. The van der Waals surface area contributed by atoms with Gasteiger partial charge >= 0.3 is 0 Å². The Kier molecular flexibility index (Phi) is 5.27. The Bertz CT molecular complexity index is 660. The average Bonchev–Trinajstić information content (AvgIpc) is 2.53. The van der Waals surface area contributed by atoms with Crippen LogP contribution in [0.5, 0.6) is 11.5 Å². The second-order valence-electron chi connectivity index (χ2n) is 6.31. The van der Waals surface area contributed by atoms with E-state index in [1.807, 2.05) is 48.5 Å². The van der Waals surface area contributed by atoms with Crippen LogP contribution in [0.3, 0.4) is 0 Å². The van der Waals surface area contributed by atoms with Gasteiger partial charge in [0.05, 0.1) is 12.8 Å². The van der Waals surface area contributed by atoms with E-state index in [1.54, 1.807) is 7.11 Å². The van der Waals surface area contributed by atoms with Crippen molar-refractivity contribution in [3.8, 4) is 11.5 Å². The molecule has 23 heavy (non-hydrogen) atoms. The van der Waals surface area contributed by atoms with Gasteiger partial charge in [-0.25, -0.2) is 0 Å². The Morgan fingerprint density at radius 1 is 1.09 bits per heavy atom. The Labute approximate surface area is 137 Å². The Morgan fingerprint density at radius 3 is 2.39 bits per heavy atom. The third-order valence-electron chi connectivity index (χ3n) is 3.45. The molecule has 0 atom stereocenters. The number of para-hydroxylation sites is 1. The van der Waals surface area contributed by atoms with Crippen LogP contribution in [0.1, 0.15) is 26.3 Å². The number of nitrogens with one attached hydrogen (secondary N) is 1. The zero-order valence-electron chi connectivity index (χ0n) is 14.1. The molecule has 1 amide bonds. The molecule has 0 heterocycles. The average molecular weight is 313 g/mol. The molecule has 4 nitrogen and oxygen atoms in total. The van der Waals surface area contributed by atoms with Crippen LogP contribution >= 0.6 is 0 Å². The molecule has 122 valence electrons. The zero-order valence-corrected chi connectivity index (χ0v) is 14.1. The minimum atomic E-state index is -0.224. The third-order valence-corrected chi connectivity index (χ3v) is 3.45. The lowest BCUT2D eigenvalue weighted by Crippen LogP contribution is -2.21. The highest BCUT2D eigenvalue weighted by Gasteiger charge is 2.17. The van der Waals surface area contributed by atoms with Gasteiger partial charge in [-0.2, -0.15) is 0 Å². The monoisotopic (exact) mass is 313 g/mol.